The highest BCUT2D eigenvalue weighted by Gasteiger charge is 2.35. The number of fused-ring (bicyclic) bond motifs is 1. The van der Waals surface area contributed by atoms with E-state index in [9.17, 15) is 13.2 Å². The molecule has 1 unspecified atom stereocenters. The Morgan fingerprint density at radius 3 is 3.00 bits per heavy atom. The first-order valence-electron chi connectivity index (χ1n) is 9.12. The molecule has 0 bridgehead atoms. The highest BCUT2D eigenvalue weighted by molar-refractivity contribution is 7.89. The van der Waals surface area contributed by atoms with Crippen molar-refractivity contribution in [2.45, 2.75) is 23.5 Å². The van der Waals surface area contributed by atoms with Crippen molar-refractivity contribution in [3.05, 3.63) is 35.6 Å². The normalized spacial score (nSPS) is 23.8. The maximum absolute atomic E-state index is 13.2. The number of amides is 1. The van der Waals surface area contributed by atoms with E-state index in [0.29, 0.717) is 41.9 Å². The lowest BCUT2D eigenvalue weighted by Crippen LogP contribution is -2.50. The molecule has 0 radical (unpaired) electrons. The van der Waals surface area contributed by atoms with Crippen molar-refractivity contribution in [1.29, 1.82) is 0 Å². The van der Waals surface area contributed by atoms with Crippen LogP contribution in [0.1, 0.15) is 6.42 Å². The van der Waals surface area contributed by atoms with Crippen molar-refractivity contribution in [3.63, 3.8) is 0 Å². The van der Waals surface area contributed by atoms with Crippen molar-refractivity contribution in [2.24, 2.45) is 0 Å². The van der Waals surface area contributed by atoms with Gasteiger partial charge in [0.25, 0.3) is 5.91 Å². The summed E-state index contributed by atoms with van der Waals surface area (Å²) >= 11 is 6.24. The molecule has 2 atom stereocenters. The molecule has 2 aliphatic rings. The highest BCUT2D eigenvalue weighted by Crippen LogP contribution is 2.32. The molecule has 1 aromatic heterocycles. The molecule has 2 aliphatic heterocycles. The lowest BCUT2D eigenvalue weighted by atomic mass is 10.2. The Morgan fingerprint density at radius 2 is 2.21 bits per heavy atom. The van der Waals surface area contributed by atoms with E-state index in [1.54, 1.807) is 24.4 Å². The van der Waals surface area contributed by atoms with Crippen molar-refractivity contribution < 1.29 is 17.9 Å². The zero-order chi connectivity index (χ0) is 19.7. The molecular weight excluding hydrogens is 404 g/mol. The molecule has 0 saturated carbocycles. The number of halogens is 1. The summed E-state index contributed by atoms with van der Waals surface area (Å²) in [7, 11) is -3.76. The van der Waals surface area contributed by atoms with Gasteiger partial charge in [0.05, 0.1) is 16.5 Å². The molecule has 2 N–H and O–H groups in total. The molecule has 3 heterocycles. The summed E-state index contributed by atoms with van der Waals surface area (Å²) < 4.78 is 33.3. The Kier molecular flexibility index (Phi) is 5.52. The first-order chi connectivity index (χ1) is 13.5. The van der Waals surface area contributed by atoms with Crippen LogP contribution < -0.4 is 10.6 Å². The SMILES string of the molecule is O=C(N[C@@H]1CCN(S(=O)(=O)c2cccc3cncc(Cl)c23)C1)C1CNCCO1. The van der Waals surface area contributed by atoms with Crippen molar-refractivity contribution >= 4 is 38.3 Å². The average Bonchev–Trinajstić information content (AvgIpc) is 3.18. The second kappa shape index (κ2) is 7.92. The van der Waals surface area contributed by atoms with Crippen LogP contribution in [0.5, 0.6) is 0 Å². The number of nitrogens with one attached hydrogen (secondary N) is 2. The van der Waals surface area contributed by atoms with E-state index < -0.39 is 16.1 Å². The summed E-state index contributed by atoms with van der Waals surface area (Å²) in [5.41, 5.74) is 0. The lowest BCUT2D eigenvalue weighted by molar-refractivity contribution is -0.134. The van der Waals surface area contributed by atoms with Crippen LogP contribution in [0.4, 0.5) is 0 Å². The third-order valence-corrected chi connectivity index (χ3v) is 7.23. The Bertz CT molecular complexity index is 989. The first kappa shape index (κ1) is 19.5. The maximum Gasteiger partial charge on any atom is 0.250 e. The molecule has 10 heteroatoms. The minimum absolute atomic E-state index is 0.157. The van der Waals surface area contributed by atoms with Crippen LogP contribution in [0.25, 0.3) is 10.8 Å². The molecule has 0 aliphatic carbocycles. The molecule has 8 nitrogen and oxygen atoms in total. The Labute approximate surface area is 168 Å². The van der Waals surface area contributed by atoms with Crippen LogP contribution in [0.2, 0.25) is 5.02 Å². The van der Waals surface area contributed by atoms with Gasteiger partial charge in [0.15, 0.2) is 0 Å². The summed E-state index contributed by atoms with van der Waals surface area (Å²) in [4.78, 5) is 16.5. The number of rotatable bonds is 4. The molecule has 2 saturated heterocycles. The fourth-order valence-corrected chi connectivity index (χ4v) is 5.66. The molecule has 150 valence electrons. The summed E-state index contributed by atoms with van der Waals surface area (Å²) in [6, 6.07) is 4.76. The number of carbonyl (C=O) groups excluding carboxylic acids is 1. The van der Waals surface area contributed by atoms with Crippen LogP contribution in [-0.4, -0.2) is 68.5 Å². The fourth-order valence-electron chi connectivity index (χ4n) is 3.61. The molecule has 2 fully saturated rings. The van der Waals surface area contributed by atoms with E-state index >= 15 is 0 Å². The number of ether oxygens (including phenoxy) is 1. The van der Waals surface area contributed by atoms with Crippen LogP contribution in [0, 0.1) is 0 Å². The minimum Gasteiger partial charge on any atom is -0.366 e. The molecule has 1 amide bonds. The van der Waals surface area contributed by atoms with E-state index in [0.717, 1.165) is 6.54 Å². The molecule has 2 aromatic rings. The van der Waals surface area contributed by atoms with E-state index in [-0.39, 0.29) is 23.4 Å². The second-order valence-corrected chi connectivity index (χ2v) is 9.21. The lowest BCUT2D eigenvalue weighted by Gasteiger charge is -2.24. The zero-order valence-electron chi connectivity index (χ0n) is 15.1. The molecule has 1 aromatic carbocycles. The van der Waals surface area contributed by atoms with Gasteiger partial charge in [-0.15, -0.1) is 0 Å². The highest BCUT2D eigenvalue weighted by atomic mass is 35.5. The molecule has 0 spiro atoms. The molecule has 4 rings (SSSR count). The minimum atomic E-state index is -3.76. The number of benzene rings is 1. The standard InChI is InChI=1S/C18H21ClN4O4S/c19-14-9-21-8-12-2-1-3-16(17(12)14)28(25,26)23-6-4-13(11-23)22-18(24)15-10-20-5-7-27-15/h1-3,8-9,13,15,20H,4-7,10-11H2,(H,22,24)/t13-,15?/m1/s1. The monoisotopic (exact) mass is 424 g/mol. The first-order valence-corrected chi connectivity index (χ1v) is 10.9. The predicted octanol–water partition coefficient (Wildman–Crippen LogP) is 0.756. The summed E-state index contributed by atoms with van der Waals surface area (Å²) in [6.07, 6.45) is 3.04. The third kappa shape index (κ3) is 3.72. The Balaban J connectivity index is 1.51. The maximum atomic E-state index is 13.2. The van der Waals surface area contributed by atoms with Gasteiger partial charge in [0, 0.05) is 55.4 Å². The summed E-state index contributed by atoms with van der Waals surface area (Å²) in [5, 5.41) is 7.44. The third-order valence-electron chi connectivity index (χ3n) is 5.03. The number of carbonyl (C=O) groups is 1. The van der Waals surface area contributed by atoms with E-state index in [2.05, 4.69) is 15.6 Å². The number of hydrogen-bond donors (Lipinski definition) is 2. The van der Waals surface area contributed by atoms with E-state index in [1.807, 2.05) is 0 Å². The predicted molar refractivity (Wildman–Crippen MR) is 105 cm³/mol. The number of pyridine rings is 1. The molecule has 28 heavy (non-hydrogen) atoms. The number of morpholine rings is 1. The van der Waals surface area contributed by atoms with Gasteiger partial charge in [-0.3, -0.25) is 9.78 Å². The van der Waals surface area contributed by atoms with Crippen LogP contribution in [-0.2, 0) is 19.6 Å². The zero-order valence-corrected chi connectivity index (χ0v) is 16.7. The van der Waals surface area contributed by atoms with Gasteiger partial charge >= 0.3 is 0 Å². The largest absolute Gasteiger partial charge is 0.366 e. The Morgan fingerprint density at radius 1 is 1.36 bits per heavy atom. The van der Waals surface area contributed by atoms with Crippen molar-refractivity contribution in [3.8, 4) is 0 Å². The van der Waals surface area contributed by atoms with Gasteiger partial charge in [-0.05, 0) is 12.5 Å². The molecular formula is C18H21ClN4O4S. The summed E-state index contributed by atoms with van der Waals surface area (Å²) in [5.74, 6) is -0.212. The van der Waals surface area contributed by atoms with Gasteiger partial charge < -0.3 is 15.4 Å². The van der Waals surface area contributed by atoms with Crippen molar-refractivity contribution in [1.82, 2.24) is 19.9 Å². The van der Waals surface area contributed by atoms with Crippen molar-refractivity contribution in [2.75, 3.05) is 32.8 Å². The smallest absolute Gasteiger partial charge is 0.250 e. The van der Waals surface area contributed by atoms with Gasteiger partial charge in [0.2, 0.25) is 10.0 Å². The number of aromatic nitrogens is 1. The second-order valence-electron chi connectivity index (χ2n) is 6.90. The van der Waals surface area contributed by atoms with Crippen LogP contribution >= 0.6 is 11.6 Å². The topological polar surface area (TPSA) is 101 Å². The van der Waals surface area contributed by atoms with E-state index in [1.165, 1.54) is 10.5 Å². The van der Waals surface area contributed by atoms with Crippen LogP contribution in [0.15, 0.2) is 35.5 Å². The van der Waals surface area contributed by atoms with E-state index in [4.69, 9.17) is 16.3 Å². The van der Waals surface area contributed by atoms with Gasteiger partial charge in [-0.25, -0.2) is 8.42 Å². The van der Waals surface area contributed by atoms with Gasteiger partial charge in [-0.2, -0.15) is 4.31 Å². The quantitative estimate of drug-likeness (QED) is 0.751. The Hall–Kier alpha value is -1.78. The number of sulfonamides is 1. The van der Waals surface area contributed by atoms with Gasteiger partial charge in [-0.1, -0.05) is 23.7 Å². The fraction of sp³-hybridized carbons (Fsp3) is 0.444. The summed E-state index contributed by atoms with van der Waals surface area (Å²) in [6.45, 7) is 2.22. The van der Waals surface area contributed by atoms with Gasteiger partial charge in [0.1, 0.15) is 6.10 Å². The average molecular weight is 425 g/mol. The number of nitrogens with zero attached hydrogens (tertiary/aromatic N) is 2. The number of hydrogen-bond acceptors (Lipinski definition) is 6. The van der Waals surface area contributed by atoms with Crippen LogP contribution in [0.3, 0.4) is 0 Å².